The molecule has 0 aliphatic heterocycles. The molecule has 0 amide bonds. The summed E-state index contributed by atoms with van der Waals surface area (Å²) in [6, 6.07) is 8.16. The first kappa shape index (κ1) is 20.3. The molecule has 28 heavy (non-hydrogen) atoms. The molecule has 0 spiro atoms. The SMILES string of the molecule is CC(C)c1ccc(-c2csc3nc(C(C)C)n(C(C)(C)C(=O)O)c(=O)c23)cc1. The molecule has 0 radical (unpaired) electrons. The second-order valence-corrected chi connectivity index (χ2v) is 9.09. The Balaban J connectivity index is 2.32. The van der Waals surface area contributed by atoms with Crippen molar-refractivity contribution in [2.24, 2.45) is 0 Å². The van der Waals surface area contributed by atoms with Crippen molar-refractivity contribution in [3.05, 3.63) is 51.4 Å². The molecule has 2 aromatic heterocycles. The first-order chi connectivity index (χ1) is 13.1. The minimum Gasteiger partial charge on any atom is -0.480 e. The van der Waals surface area contributed by atoms with Crippen LogP contribution in [0.3, 0.4) is 0 Å². The quantitative estimate of drug-likeness (QED) is 0.642. The van der Waals surface area contributed by atoms with Gasteiger partial charge in [-0.25, -0.2) is 9.78 Å². The van der Waals surface area contributed by atoms with E-state index in [9.17, 15) is 14.7 Å². The van der Waals surface area contributed by atoms with Crippen LogP contribution in [-0.2, 0) is 10.3 Å². The summed E-state index contributed by atoms with van der Waals surface area (Å²) in [5.41, 5.74) is 1.28. The first-order valence-electron chi connectivity index (χ1n) is 9.44. The van der Waals surface area contributed by atoms with Gasteiger partial charge in [-0.3, -0.25) is 9.36 Å². The fourth-order valence-electron chi connectivity index (χ4n) is 3.29. The van der Waals surface area contributed by atoms with Crippen molar-refractivity contribution in [1.29, 1.82) is 0 Å². The van der Waals surface area contributed by atoms with Gasteiger partial charge in [0, 0.05) is 16.9 Å². The number of carboxylic acid groups (broad SMARTS) is 1. The summed E-state index contributed by atoms with van der Waals surface area (Å²) in [4.78, 5) is 30.7. The predicted molar refractivity (Wildman–Crippen MR) is 114 cm³/mol. The monoisotopic (exact) mass is 398 g/mol. The van der Waals surface area contributed by atoms with E-state index in [1.54, 1.807) is 13.8 Å². The number of nitrogens with zero attached hydrogens (tertiary/aromatic N) is 2. The molecule has 0 unspecified atom stereocenters. The molecule has 0 aliphatic rings. The molecule has 0 saturated heterocycles. The van der Waals surface area contributed by atoms with Crippen molar-refractivity contribution in [2.45, 2.75) is 58.9 Å². The normalized spacial score (nSPS) is 12.3. The highest BCUT2D eigenvalue weighted by molar-refractivity contribution is 7.17. The number of fused-ring (bicyclic) bond motifs is 1. The lowest BCUT2D eigenvalue weighted by atomic mass is 9.98. The Labute approximate surface area is 168 Å². The predicted octanol–water partition coefficient (Wildman–Crippen LogP) is 5.19. The number of rotatable bonds is 5. The van der Waals surface area contributed by atoms with Gasteiger partial charge >= 0.3 is 5.97 Å². The standard InChI is InChI=1S/C22H26N2O3S/c1-12(2)14-7-9-15(10-8-14)16-11-28-19-17(16)20(25)24(18(23-19)13(3)4)22(5,6)21(26)27/h7-13H,1-6H3,(H,26,27). The smallest absolute Gasteiger partial charge is 0.329 e. The van der Waals surface area contributed by atoms with E-state index < -0.39 is 11.5 Å². The zero-order valence-corrected chi connectivity index (χ0v) is 17.9. The zero-order chi connectivity index (χ0) is 20.8. The molecule has 6 heteroatoms. The Hall–Kier alpha value is -2.47. The largest absolute Gasteiger partial charge is 0.480 e. The minimum absolute atomic E-state index is 0.0772. The Kier molecular flexibility index (Phi) is 5.19. The molecule has 3 rings (SSSR count). The molecule has 0 fully saturated rings. The van der Waals surface area contributed by atoms with E-state index in [2.05, 4.69) is 26.0 Å². The second kappa shape index (κ2) is 7.17. The summed E-state index contributed by atoms with van der Waals surface area (Å²) >= 11 is 1.42. The van der Waals surface area contributed by atoms with E-state index in [4.69, 9.17) is 4.98 Å². The maximum Gasteiger partial charge on any atom is 0.329 e. The highest BCUT2D eigenvalue weighted by atomic mass is 32.1. The Morgan fingerprint density at radius 1 is 1.11 bits per heavy atom. The molecule has 2 heterocycles. The molecule has 1 aromatic carbocycles. The Morgan fingerprint density at radius 2 is 1.71 bits per heavy atom. The van der Waals surface area contributed by atoms with Crippen molar-refractivity contribution in [3.63, 3.8) is 0 Å². The summed E-state index contributed by atoms with van der Waals surface area (Å²) in [5.74, 6) is -0.215. The van der Waals surface area contributed by atoms with Crippen molar-refractivity contribution in [1.82, 2.24) is 9.55 Å². The van der Waals surface area contributed by atoms with Crippen LogP contribution in [0.2, 0.25) is 0 Å². The molecular weight excluding hydrogens is 372 g/mol. The van der Waals surface area contributed by atoms with Gasteiger partial charge in [-0.2, -0.15) is 0 Å². The van der Waals surface area contributed by atoms with Crippen LogP contribution in [0.25, 0.3) is 21.3 Å². The minimum atomic E-state index is -1.39. The fourth-order valence-corrected chi connectivity index (χ4v) is 4.23. The van der Waals surface area contributed by atoms with E-state index in [1.807, 2.05) is 31.4 Å². The second-order valence-electron chi connectivity index (χ2n) is 8.24. The molecule has 0 atom stereocenters. The summed E-state index contributed by atoms with van der Waals surface area (Å²) in [5, 5.41) is 12.2. The van der Waals surface area contributed by atoms with Crippen LogP contribution < -0.4 is 5.56 Å². The van der Waals surface area contributed by atoms with Gasteiger partial charge in [-0.1, -0.05) is 52.0 Å². The summed E-state index contributed by atoms with van der Waals surface area (Å²) in [6.07, 6.45) is 0. The van der Waals surface area contributed by atoms with Crippen LogP contribution in [0.5, 0.6) is 0 Å². The highest BCUT2D eigenvalue weighted by Gasteiger charge is 2.35. The van der Waals surface area contributed by atoms with Crippen LogP contribution in [0.15, 0.2) is 34.4 Å². The lowest BCUT2D eigenvalue weighted by molar-refractivity contribution is -0.146. The number of hydrogen-bond donors (Lipinski definition) is 1. The molecule has 148 valence electrons. The molecule has 1 N–H and O–H groups in total. The average molecular weight is 399 g/mol. The van der Waals surface area contributed by atoms with Crippen LogP contribution in [0.4, 0.5) is 0 Å². The maximum absolute atomic E-state index is 13.5. The lowest BCUT2D eigenvalue weighted by Crippen LogP contribution is -2.45. The van der Waals surface area contributed by atoms with E-state index in [0.29, 0.717) is 22.0 Å². The van der Waals surface area contributed by atoms with Gasteiger partial charge in [-0.05, 0) is 30.9 Å². The van der Waals surface area contributed by atoms with Gasteiger partial charge < -0.3 is 5.11 Å². The van der Waals surface area contributed by atoms with E-state index in [0.717, 1.165) is 11.1 Å². The van der Waals surface area contributed by atoms with Gasteiger partial charge in [0.05, 0.1) is 5.39 Å². The molecule has 3 aromatic rings. The van der Waals surface area contributed by atoms with Gasteiger partial charge in [0.25, 0.3) is 5.56 Å². The summed E-state index contributed by atoms with van der Waals surface area (Å²) in [7, 11) is 0. The van der Waals surface area contributed by atoms with Gasteiger partial charge in [-0.15, -0.1) is 11.3 Å². The molecular formula is C22H26N2O3S. The first-order valence-corrected chi connectivity index (χ1v) is 10.3. The number of benzene rings is 1. The van der Waals surface area contributed by atoms with E-state index in [1.165, 1.54) is 21.5 Å². The molecule has 0 aliphatic carbocycles. The zero-order valence-electron chi connectivity index (χ0n) is 17.1. The van der Waals surface area contributed by atoms with Crippen molar-refractivity contribution in [2.75, 3.05) is 0 Å². The Morgan fingerprint density at radius 3 is 2.21 bits per heavy atom. The fraction of sp³-hybridized carbons (Fsp3) is 0.409. The number of carboxylic acids is 1. The van der Waals surface area contributed by atoms with Gasteiger partial charge in [0.2, 0.25) is 0 Å². The Bertz CT molecular complexity index is 1090. The third kappa shape index (κ3) is 3.26. The van der Waals surface area contributed by atoms with Crippen molar-refractivity contribution in [3.8, 4) is 11.1 Å². The van der Waals surface area contributed by atoms with Crippen molar-refractivity contribution >= 4 is 27.5 Å². The summed E-state index contributed by atoms with van der Waals surface area (Å²) in [6.45, 7) is 11.2. The maximum atomic E-state index is 13.5. The molecule has 5 nitrogen and oxygen atoms in total. The van der Waals surface area contributed by atoms with Crippen molar-refractivity contribution < 1.29 is 9.90 Å². The number of thiophene rings is 1. The average Bonchev–Trinajstić information content (AvgIpc) is 3.05. The molecule has 0 bridgehead atoms. The van der Waals surface area contributed by atoms with Crippen LogP contribution in [0.1, 0.15) is 64.8 Å². The highest BCUT2D eigenvalue weighted by Crippen LogP contribution is 2.33. The summed E-state index contributed by atoms with van der Waals surface area (Å²) < 4.78 is 1.35. The number of aliphatic carboxylic acids is 1. The number of aromatic nitrogens is 2. The van der Waals surface area contributed by atoms with Crippen LogP contribution in [-0.4, -0.2) is 20.6 Å². The third-order valence-electron chi connectivity index (χ3n) is 5.12. The number of carbonyl (C=O) groups is 1. The third-order valence-corrected chi connectivity index (χ3v) is 5.99. The van der Waals surface area contributed by atoms with E-state index >= 15 is 0 Å². The van der Waals surface area contributed by atoms with E-state index in [-0.39, 0.29) is 11.5 Å². The molecule has 0 saturated carbocycles. The van der Waals surface area contributed by atoms with Gasteiger partial charge in [0.15, 0.2) is 0 Å². The van der Waals surface area contributed by atoms with Crippen LogP contribution >= 0.6 is 11.3 Å². The number of hydrogen-bond acceptors (Lipinski definition) is 4. The topological polar surface area (TPSA) is 72.2 Å². The van der Waals surface area contributed by atoms with Gasteiger partial charge in [0.1, 0.15) is 16.2 Å². The lowest BCUT2D eigenvalue weighted by Gasteiger charge is -2.27. The van der Waals surface area contributed by atoms with Crippen LogP contribution in [0, 0.1) is 0 Å².